The highest BCUT2D eigenvalue weighted by molar-refractivity contribution is 7.92. The van der Waals surface area contributed by atoms with Crippen LogP contribution in [0.1, 0.15) is 53.0 Å². The number of hydrogen-bond acceptors (Lipinski definition) is 4. The van der Waals surface area contributed by atoms with E-state index in [1.54, 1.807) is 12.1 Å². The third-order valence-corrected chi connectivity index (χ3v) is 7.20. The van der Waals surface area contributed by atoms with Crippen molar-refractivity contribution in [1.29, 1.82) is 0 Å². The molecule has 0 bridgehead atoms. The SMILES string of the molecule is Cc1cc(NC(=O)c2n[nH]c3c2CCCC3)ccc1N1CCCCS1(=O)=O. The summed E-state index contributed by atoms with van der Waals surface area (Å²) in [5, 5.41) is 10.1. The van der Waals surface area contributed by atoms with Gasteiger partial charge in [0.2, 0.25) is 10.0 Å². The molecular weight excluding hydrogens is 364 g/mol. The van der Waals surface area contributed by atoms with Crippen LogP contribution in [-0.2, 0) is 22.9 Å². The average molecular weight is 388 g/mol. The fourth-order valence-electron chi connectivity index (χ4n) is 3.93. The lowest BCUT2D eigenvalue weighted by atomic mass is 9.96. The molecule has 4 rings (SSSR count). The molecule has 0 spiro atoms. The van der Waals surface area contributed by atoms with Crippen molar-refractivity contribution in [1.82, 2.24) is 10.2 Å². The number of anilines is 2. The molecule has 0 atom stereocenters. The van der Waals surface area contributed by atoms with Gasteiger partial charge in [-0.2, -0.15) is 5.10 Å². The molecular formula is C19H24N4O3S. The Morgan fingerprint density at radius 3 is 2.78 bits per heavy atom. The van der Waals surface area contributed by atoms with E-state index < -0.39 is 10.0 Å². The second-order valence-electron chi connectivity index (χ2n) is 7.29. The molecule has 0 unspecified atom stereocenters. The molecule has 2 aliphatic rings. The summed E-state index contributed by atoms with van der Waals surface area (Å²) in [5.74, 6) is -0.0398. The van der Waals surface area contributed by atoms with Crippen LogP contribution in [0.3, 0.4) is 0 Å². The first-order valence-corrected chi connectivity index (χ1v) is 11.1. The van der Waals surface area contributed by atoms with Crippen LogP contribution >= 0.6 is 0 Å². The zero-order valence-electron chi connectivity index (χ0n) is 15.4. The second kappa shape index (κ2) is 6.99. The maximum Gasteiger partial charge on any atom is 0.276 e. The highest BCUT2D eigenvalue weighted by Crippen LogP contribution is 2.29. The minimum absolute atomic E-state index is 0.190. The van der Waals surface area contributed by atoms with Gasteiger partial charge in [-0.05, 0) is 69.2 Å². The van der Waals surface area contributed by atoms with Crippen molar-refractivity contribution >= 4 is 27.3 Å². The molecule has 0 radical (unpaired) electrons. The highest BCUT2D eigenvalue weighted by Gasteiger charge is 2.27. The fraction of sp³-hybridized carbons (Fsp3) is 0.474. The number of sulfonamides is 1. The minimum Gasteiger partial charge on any atom is -0.321 e. The number of rotatable bonds is 3. The van der Waals surface area contributed by atoms with Gasteiger partial charge in [-0.1, -0.05) is 0 Å². The molecule has 8 heteroatoms. The molecule has 1 aliphatic heterocycles. The maximum atomic E-state index is 12.6. The number of nitrogens with zero attached hydrogens (tertiary/aromatic N) is 2. The first-order chi connectivity index (χ1) is 13.0. The third-order valence-electron chi connectivity index (χ3n) is 5.34. The van der Waals surface area contributed by atoms with Gasteiger partial charge in [0.15, 0.2) is 5.69 Å². The number of carbonyl (C=O) groups excluding carboxylic acids is 1. The summed E-state index contributed by atoms with van der Waals surface area (Å²) in [6, 6.07) is 5.34. The molecule has 144 valence electrons. The quantitative estimate of drug-likeness (QED) is 0.845. The van der Waals surface area contributed by atoms with Gasteiger partial charge in [0, 0.05) is 23.5 Å². The lowest BCUT2D eigenvalue weighted by molar-refractivity contribution is 0.102. The van der Waals surface area contributed by atoms with Crippen molar-refractivity contribution < 1.29 is 13.2 Å². The van der Waals surface area contributed by atoms with Gasteiger partial charge in [-0.15, -0.1) is 0 Å². The number of hydrogen-bond donors (Lipinski definition) is 2. The van der Waals surface area contributed by atoms with Crippen molar-refractivity contribution in [3.8, 4) is 0 Å². The van der Waals surface area contributed by atoms with Crippen LogP contribution in [-0.4, -0.2) is 36.8 Å². The number of H-pyrrole nitrogens is 1. The number of carbonyl (C=O) groups is 1. The smallest absolute Gasteiger partial charge is 0.276 e. The van der Waals surface area contributed by atoms with Crippen LogP contribution in [0.5, 0.6) is 0 Å². The van der Waals surface area contributed by atoms with Crippen LogP contribution in [0.25, 0.3) is 0 Å². The molecule has 1 fully saturated rings. The number of aromatic amines is 1. The summed E-state index contributed by atoms with van der Waals surface area (Å²) in [5.41, 5.74) is 4.69. The minimum atomic E-state index is -3.25. The van der Waals surface area contributed by atoms with Gasteiger partial charge in [0.1, 0.15) is 0 Å². The molecule has 1 aliphatic carbocycles. The molecule has 27 heavy (non-hydrogen) atoms. The lowest BCUT2D eigenvalue weighted by Crippen LogP contribution is -2.38. The van der Waals surface area contributed by atoms with Gasteiger partial charge in [-0.3, -0.25) is 14.2 Å². The molecule has 2 heterocycles. The number of nitrogens with one attached hydrogen (secondary N) is 2. The maximum absolute atomic E-state index is 12.6. The number of fused-ring (bicyclic) bond motifs is 1. The topological polar surface area (TPSA) is 95.2 Å². The first kappa shape index (κ1) is 18.0. The van der Waals surface area contributed by atoms with E-state index in [9.17, 15) is 13.2 Å². The van der Waals surface area contributed by atoms with E-state index >= 15 is 0 Å². The predicted octanol–water partition coefficient (Wildman–Crippen LogP) is 2.78. The number of aryl methyl sites for hydroxylation is 2. The van der Waals surface area contributed by atoms with E-state index in [0.717, 1.165) is 48.9 Å². The zero-order valence-corrected chi connectivity index (χ0v) is 16.2. The highest BCUT2D eigenvalue weighted by atomic mass is 32.2. The van der Waals surface area contributed by atoms with Crippen LogP contribution < -0.4 is 9.62 Å². The Morgan fingerprint density at radius 2 is 2.00 bits per heavy atom. The van der Waals surface area contributed by atoms with Gasteiger partial charge < -0.3 is 5.32 Å². The van der Waals surface area contributed by atoms with Crippen molar-refractivity contribution in [3.63, 3.8) is 0 Å². The van der Waals surface area contributed by atoms with Crippen molar-refractivity contribution in [2.24, 2.45) is 0 Å². The van der Waals surface area contributed by atoms with Crippen LogP contribution in [0.4, 0.5) is 11.4 Å². The molecule has 1 aromatic heterocycles. The molecule has 1 aromatic carbocycles. The Morgan fingerprint density at radius 1 is 1.19 bits per heavy atom. The number of benzene rings is 1. The average Bonchev–Trinajstić information content (AvgIpc) is 3.06. The summed E-state index contributed by atoms with van der Waals surface area (Å²) in [7, 11) is -3.25. The van der Waals surface area contributed by atoms with Crippen molar-refractivity contribution in [2.45, 2.75) is 45.4 Å². The number of amides is 1. The summed E-state index contributed by atoms with van der Waals surface area (Å²) in [4.78, 5) is 12.6. The largest absolute Gasteiger partial charge is 0.321 e. The molecule has 7 nitrogen and oxygen atoms in total. The fourth-order valence-corrected chi connectivity index (χ4v) is 5.63. The van der Waals surface area contributed by atoms with Crippen LogP contribution in [0.15, 0.2) is 18.2 Å². The summed E-state index contributed by atoms with van der Waals surface area (Å²) >= 11 is 0. The summed E-state index contributed by atoms with van der Waals surface area (Å²) in [6.45, 7) is 2.37. The van der Waals surface area contributed by atoms with Crippen LogP contribution in [0.2, 0.25) is 0 Å². The van der Waals surface area contributed by atoms with E-state index in [4.69, 9.17) is 0 Å². The van der Waals surface area contributed by atoms with Gasteiger partial charge in [-0.25, -0.2) is 8.42 Å². The van der Waals surface area contributed by atoms with Gasteiger partial charge in [0.05, 0.1) is 11.4 Å². The Bertz CT molecular complexity index is 981. The predicted molar refractivity (Wildman–Crippen MR) is 105 cm³/mol. The van der Waals surface area contributed by atoms with Gasteiger partial charge in [0.25, 0.3) is 5.91 Å². The van der Waals surface area contributed by atoms with E-state index in [0.29, 0.717) is 30.0 Å². The third kappa shape index (κ3) is 3.45. The Kier molecular flexibility index (Phi) is 4.67. The van der Waals surface area contributed by atoms with Crippen molar-refractivity contribution in [3.05, 3.63) is 40.7 Å². The summed E-state index contributed by atoms with van der Waals surface area (Å²) in [6.07, 6.45) is 5.58. The molecule has 2 aromatic rings. The monoisotopic (exact) mass is 388 g/mol. The van der Waals surface area contributed by atoms with Gasteiger partial charge >= 0.3 is 0 Å². The molecule has 2 N–H and O–H groups in total. The Labute approximate surface area is 159 Å². The molecule has 1 amide bonds. The van der Waals surface area contributed by atoms with E-state index in [-0.39, 0.29) is 11.7 Å². The van der Waals surface area contributed by atoms with E-state index in [1.165, 1.54) is 4.31 Å². The molecule has 0 saturated carbocycles. The van der Waals surface area contributed by atoms with E-state index in [1.807, 2.05) is 13.0 Å². The lowest BCUT2D eigenvalue weighted by Gasteiger charge is -2.29. The standard InChI is InChI=1S/C19H24N4O3S/c1-13-12-14(8-9-17(13)23-10-4-5-11-27(23,25)26)20-19(24)18-15-6-2-3-7-16(15)21-22-18/h8-9,12H,2-7,10-11H2,1H3,(H,20,24)(H,21,22). The first-order valence-electron chi connectivity index (χ1n) is 9.44. The van der Waals surface area contributed by atoms with E-state index in [2.05, 4.69) is 15.5 Å². The second-order valence-corrected chi connectivity index (χ2v) is 9.30. The number of aromatic nitrogens is 2. The zero-order chi connectivity index (χ0) is 19.0. The van der Waals surface area contributed by atoms with Crippen LogP contribution in [0, 0.1) is 6.92 Å². The normalized spacial score (nSPS) is 18.8. The molecule has 1 saturated heterocycles. The Balaban J connectivity index is 1.54. The van der Waals surface area contributed by atoms with Crippen molar-refractivity contribution in [2.75, 3.05) is 21.9 Å². The summed E-state index contributed by atoms with van der Waals surface area (Å²) < 4.78 is 26.2. The Hall–Kier alpha value is -2.35.